The van der Waals surface area contributed by atoms with Crippen molar-refractivity contribution in [2.45, 2.75) is 76.0 Å². The van der Waals surface area contributed by atoms with Gasteiger partial charge in [-0.15, -0.1) is 0 Å². The predicted molar refractivity (Wildman–Crippen MR) is 188 cm³/mol. The summed E-state index contributed by atoms with van der Waals surface area (Å²) in [5, 5.41) is 9.80. The molecule has 3 aromatic rings. The number of nitrogens with zero attached hydrogens (tertiary/aromatic N) is 3. The Bertz CT molecular complexity index is 1700. The number of aliphatic hydroxyl groups excluding tert-OH is 1. The third kappa shape index (κ3) is 6.63. The van der Waals surface area contributed by atoms with Crippen LogP contribution in [0.25, 0.3) is 0 Å². The van der Waals surface area contributed by atoms with Gasteiger partial charge in [0.25, 0.3) is 5.91 Å². The number of fused-ring (bicyclic) bond motifs is 2. The van der Waals surface area contributed by atoms with E-state index in [0.717, 1.165) is 29.7 Å². The first kappa shape index (κ1) is 34.8. The van der Waals surface area contributed by atoms with Crippen molar-refractivity contribution in [2.75, 3.05) is 36.6 Å². The van der Waals surface area contributed by atoms with Crippen LogP contribution in [0, 0.1) is 5.92 Å². The Balaban J connectivity index is 1.34. The van der Waals surface area contributed by atoms with Gasteiger partial charge in [0.2, 0.25) is 20.2 Å². The first-order chi connectivity index (χ1) is 23.5. The molecule has 1 spiro atoms. The number of ether oxygens (including phenoxy) is 2. The molecular weight excluding hydrogens is 642 g/mol. The molecule has 3 aliphatic heterocycles. The van der Waals surface area contributed by atoms with Crippen LogP contribution in [-0.4, -0.2) is 69.0 Å². The summed E-state index contributed by atoms with van der Waals surface area (Å²) >= 11 is 0. The van der Waals surface area contributed by atoms with E-state index in [4.69, 9.17) is 9.47 Å². The van der Waals surface area contributed by atoms with E-state index in [9.17, 15) is 19.5 Å². The first-order valence-corrected chi connectivity index (χ1v) is 20.1. The van der Waals surface area contributed by atoms with Gasteiger partial charge in [0.15, 0.2) is 5.60 Å². The average molecular weight is 688 g/mol. The quantitative estimate of drug-likeness (QED) is 0.198. The second-order valence-corrected chi connectivity index (χ2v) is 17.7. The maximum absolute atomic E-state index is 16.4. The number of halogens is 1. The number of amides is 3. The Morgan fingerprint density at radius 2 is 1.82 bits per heavy atom. The molecule has 2 fully saturated rings. The second kappa shape index (κ2) is 14.0. The van der Waals surface area contributed by atoms with E-state index < -0.39 is 31.6 Å². The molecule has 3 heterocycles. The van der Waals surface area contributed by atoms with Gasteiger partial charge in [-0.25, -0.2) is 0 Å². The van der Waals surface area contributed by atoms with E-state index in [1.165, 1.54) is 0 Å². The highest BCUT2D eigenvalue weighted by Gasteiger charge is 2.67. The van der Waals surface area contributed by atoms with E-state index in [0.29, 0.717) is 36.5 Å². The smallest absolute Gasteiger partial charge is 0.264 e. The Labute approximate surface area is 288 Å². The number of aliphatic hydroxyl groups is 1. The summed E-state index contributed by atoms with van der Waals surface area (Å²) in [7, 11) is -1.97. The minimum atomic E-state index is -3.52. The molecule has 0 unspecified atom stereocenters. The highest BCUT2D eigenvalue weighted by molar-refractivity contribution is 6.72. The number of benzene rings is 3. The van der Waals surface area contributed by atoms with E-state index in [1.807, 2.05) is 67.6 Å². The lowest BCUT2D eigenvalue weighted by Crippen LogP contribution is -2.45. The molecule has 9 nitrogen and oxygen atoms in total. The highest BCUT2D eigenvalue weighted by atomic mass is 28.4. The molecule has 3 amide bonds. The summed E-state index contributed by atoms with van der Waals surface area (Å²) < 4.78 is 28.9. The molecule has 0 radical (unpaired) electrons. The molecule has 49 heavy (non-hydrogen) atoms. The fraction of sp³-hybridized carbons (Fsp3) is 0.447. The summed E-state index contributed by atoms with van der Waals surface area (Å²) in [6, 6.07) is 22.6. The van der Waals surface area contributed by atoms with E-state index >= 15 is 4.11 Å². The van der Waals surface area contributed by atoms with Crippen molar-refractivity contribution in [3.05, 3.63) is 89.5 Å². The summed E-state index contributed by atoms with van der Waals surface area (Å²) in [6.45, 7) is 6.17. The monoisotopic (exact) mass is 687 g/mol. The van der Waals surface area contributed by atoms with E-state index in [-0.39, 0.29) is 43.8 Å². The molecule has 6 rings (SSSR count). The molecule has 0 saturated carbocycles. The van der Waals surface area contributed by atoms with Crippen LogP contribution in [0.2, 0.25) is 18.6 Å². The van der Waals surface area contributed by atoms with E-state index in [1.54, 1.807) is 47.0 Å². The summed E-state index contributed by atoms with van der Waals surface area (Å²) in [5.41, 5.74) is 1.61. The standard InChI is InChI=1S/C38H46FN3O6Si/c1-26-36(49(3,4)39)33(23-35(45)40(19-20-43)24-27-11-6-5-7-12-27)48-38(26)31-22-30(47-2)16-17-32(31)42(37(38)46)25-28-13-10-14-29(21-28)41-18-9-8-15-34(41)44/h5-7,10-14,16-17,21-22,26,33,36,43H,8-9,15,18-20,23-25H2,1-4H3/t26-,33+,36-,38+/m0/s1. The molecule has 3 aliphatic rings. The Kier molecular flexibility index (Phi) is 9.97. The maximum Gasteiger partial charge on any atom is 0.264 e. The van der Waals surface area contributed by atoms with Gasteiger partial charge in [-0.2, -0.15) is 0 Å². The van der Waals surface area contributed by atoms with Crippen molar-refractivity contribution >= 4 is 37.5 Å². The van der Waals surface area contributed by atoms with Crippen molar-refractivity contribution in [3.8, 4) is 5.75 Å². The van der Waals surface area contributed by atoms with Crippen LogP contribution in [0.15, 0.2) is 72.8 Å². The lowest BCUT2D eigenvalue weighted by atomic mass is 9.82. The first-order valence-electron chi connectivity index (χ1n) is 17.2. The lowest BCUT2D eigenvalue weighted by molar-refractivity contribution is -0.150. The number of hydrogen-bond acceptors (Lipinski definition) is 6. The molecule has 0 aromatic heterocycles. The van der Waals surface area contributed by atoms with Gasteiger partial charge in [0.05, 0.1) is 38.5 Å². The molecule has 4 atom stereocenters. The van der Waals surface area contributed by atoms with Crippen LogP contribution >= 0.6 is 0 Å². The zero-order valence-electron chi connectivity index (χ0n) is 28.7. The van der Waals surface area contributed by atoms with Crippen molar-refractivity contribution in [3.63, 3.8) is 0 Å². The molecule has 260 valence electrons. The normalized spacial score (nSPS) is 23.7. The Morgan fingerprint density at radius 3 is 2.51 bits per heavy atom. The molecule has 3 aromatic carbocycles. The van der Waals surface area contributed by atoms with Gasteiger partial charge < -0.3 is 33.4 Å². The van der Waals surface area contributed by atoms with Gasteiger partial charge in [0.1, 0.15) is 5.75 Å². The number of piperidine rings is 1. The molecule has 11 heteroatoms. The summed E-state index contributed by atoms with van der Waals surface area (Å²) in [6.07, 6.45) is 1.36. The van der Waals surface area contributed by atoms with Crippen molar-refractivity contribution in [2.24, 2.45) is 5.92 Å². The van der Waals surface area contributed by atoms with Crippen molar-refractivity contribution in [1.29, 1.82) is 0 Å². The maximum atomic E-state index is 16.4. The molecule has 0 aliphatic carbocycles. The fourth-order valence-electron chi connectivity index (χ4n) is 8.11. The van der Waals surface area contributed by atoms with E-state index in [2.05, 4.69) is 0 Å². The highest BCUT2D eigenvalue weighted by Crippen LogP contribution is 2.60. The van der Waals surface area contributed by atoms with Gasteiger partial charge in [-0.05, 0) is 67.4 Å². The average Bonchev–Trinajstić information content (AvgIpc) is 3.51. The lowest BCUT2D eigenvalue weighted by Gasteiger charge is -2.31. The second-order valence-electron chi connectivity index (χ2n) is 13.9. The van der Waals surface area contributed by atoms with Gasteiger partial charge in [-0.3, -0.25) is 14.4 Å². The zero-order chi connectivity index (χ0) is 34.9. The third-order valence-corrected chi connectivity index (χ3v) is 12.8. The fourth-order valence-corrected chi connectivity index (χ4v) is 10.6. The molecule has 2 saturated heterocycles. The SMILES string of the molecule is COc1ccc2c(c1)[C@@]1(O[C@H](CC(=O)N(CCO)Cc3ccccc3)[C@@H]([Si](C)(C)F)[C@@H]1C)C(=O)N2Cc1cccc(N2CCCCC2=O)c1. The van der Waals surface area contributed by atoms with Gasteiger partial charge in [0, 0.05) is 48.8 Å². The molecular formula is C38H46FN3O6Si. The summed E-state index contributed by atoms with van der Waals surface area (Å²) in [5.74, 6) is -0.529. The van der Waals surface area contributed by atoms with Crippen molar-refractivity contribution in [1.82, 2.24) is 4.90 Å². The van der Waals surface area contributed by atoms with Crippen LogP contribution in [-0.2, 0) is 37.8 Å². The molecule has 0 bridgehead atoms. The Morgan fingerprint density at radius 1 is 1.06 bits per heavy atom. The summed E-state index contributed by atoms with van der Waals surface area (Å²) in [4.78, 5) is 46.5. The zero-order valence-corrected chi connectivity index (χ0v) is 29.7. The number of carbonyl (C=O) groups excluding carboxylic acids is 3. The minimum Gasteiger partial charge on any atom is -0.497 e. The topological polar surface area (TPSA) is 99.6 Å². The van der Waals surface area contributed by atoms with Crippen LogP contribution in [0.4, 0.5) is 15.5 Å². The number of hydrogen-bond donors (Lipinski definition) is 1. The van der Waals surface area contributed by atoms with Crippen LogP contribution in [0.1, 0.15) is 49.3 Å². The number of methoxy groups -OCH3 is 1. The largest absolute Gasteiger partial charge is 0.497 e. The third-order valence-electron chi connectivity index (χ3n) is 10.4. The van der Waals surface area contributed by atoms with Crippen LogP contribution in [0.5, 0.6) is 5.75 Å². The number of rotatable bonds is 11. The number of carbonyl (C=O) groups is 3. The number of anilines is 2. The minimum absolute atomic E-state index is 0.0937. The Hall–Kier alpha value is -4.06. The van der Waals surface area contributed by atoms with Gasteiger partial charge >= 0.3 is 0 Å². The predicted octanol–water partition coefficient (Wildman–Crippen LogP) is 5.95. The van der Waals surface area contributed by atoms with Crippen LogP contribution < -0.4 is 14.5 Å². The molecule has 1 N–H and O–H groups in total. The van der Waals surface area contributed by atoms with Crippen LogP contribution in [0.3, 0.4) is 0 Å². The van der Waals surface area contributed by atoms with Gasteiger partial charge in [-0.1, -0.05) is 49.4 Å². The van der Waals surface area contributed by atoms with Crippen molar-refractivity contribution < 1.29 is 33.1 Å².